The van der Waals surface area contributed by atoms with Gasteiger partial charge in [-0.25, -0.2) is 9.78 Å². The minimum atomic E-state index is -1.03. The van der Waals surface area contributed by atoms with Gasteiger partial charge in [-0.2, -0.15) is 0 Å². The summed E-state index contributed by atoms with van der Waals surface area (Å²) in [5.41, 5.74) is 5.70. The largest absolute Gasteiger partial charge is 0.478 e. The Kier molecular flexibility index (Phi) is 3.49. The number of aromatic nitrogens is 1. The average Bonchev–Trinajstić information content (AvgIpc) is 2.78. The maximum absolute atomic E-state index is 11.0. The smallest absolute Gasteiger partial charge is 0.337 e. The third-order valence-corrected chi connectivity index (χ3v) is 3.32. The zero-order valence-corrected chi connectivity index (χ0v) is 10.0. The van der Waals surface area contributed by atoms with Crippen LogP contribution < -0.4 is 10.6 Å². The van der Waals surface area contributed by atoms with Gasteiger partial charge in [-0.15, -0.1) is 0 Å². The zero-order valence-electron chi connectivity index (χ0n) is 9.27. The number of aromatic carboxylic acids is 1. The molecule has 17 heavy (non-hydrogen) atoms. The van der Waals surface area contributed by atoms with E-state index in [1.165, 1.54) is 12.3 Å². The Labute approximate surface area is 104 Å². The number of hydrogen-bond acceptors (Lipinski definition) is 4. The number of pyridine rings is 1. The lowest BCUT2D eigenvalue weighted by atomic mass is 10.1. The molecule has 0 spiro atoms. The molecule has 0 bridgehead atoms. The van der Waals surface area contributed by atoms with Crippen molar-refractivity contribution in [2.45, 2.75) is 6.42 Å². The van der Waals surface area contributed by atoms with Crippen molar-refractivity contribution in [2.24, 2.45) is 11.7 Å². The Hall–Kier alpha value is -1.33. The molecule has 1 fully saturated rings. The van der Waals surface area contributed by atoms with Crippen LogP contribution in [0.5, 0.6) is 0 Å². The molecular formula is C11H14ClN3O2. The van der Waals surface area contributed by atoms with Crippen LogP contribution in [-0.4, -0.2) is 35.7 Å². The number of halogens is 1. The number of carboxylic acid groups (broad SMARTS) is 1. The fraction of sp³-hybridized carbons (Fsp3) is 0.455. The SMILES string of the molecule is NCC1CCN(c2cc(C(=O)O)c(Cl)cn2)C1. The van der Waals surface area contributed by atoms with Crippen molar-refractivity contribution in [1.82, 2.24) is 4.98 Å². The highest BCUT2D eigenvalue weighted by Gasteiger charge is 2.23. The van der Waals surface area contributed by atoms with E-state index < -0.39 is 5.97 Å². The van der Waals surface area contributed by atoms with Crippen LogP contribution in [0.2, 0.25) is 5.02 Å². The molecule has 6 heteroatoms. The van der Waals surface area contributed by atoms with E-state index in [1.807, 2.05) is 4.90 Å². The first kappa shape index (κ1) is 12.1. The van der Waals surface area contributed by atoms with Gasteiger partial charge < -0.3 is 15.7 Å². The fourth-order valence-corrected chi connectivity index (χ4v) is 2.18. The molecule has 0 aliphatic carbocycles. The van der Waals surface area contributed by atoms with Crippen LogP contribution in [-0.2, 0) is 0 Å². The van der Waals surface area contributed by atoms with Gasteiger partial charge in [0.2, 0.25) is 0 Å². The average molecular weight is 256 g/mol. The Morgan fingerprint density at radius 3 is 3.06 bits per heavy atom. The highest BCUT2D eigenvalue weighted by Crippen LogP contribution is 2.25. The van der Waals surface area contributed by atoms with Crippen molar-refractivity contribution in [1.29, 1.82) is 0 Å². The van der Waals surface area contributed by atoms with Gasteiger partial charge in [0, 0.05) is 19.3 Å². The van der Waals surface area contributed by atoms with Crippen molar-refractivity contribution >= 4 is 23.4 Å². The predicted molar refractivity (Wildman–Crippen MR) is 65.6 cm³/mol. The summed E-state index contributed by atoms with van der Waals surface area (Å²) >= 11 is 5.77. The minimum absolute atomic E-state index is 0.0906. The van der Waals surface area contributed by atoms with Gasteiger partial charge in [0.05, 0.1) is 10.6 Å². The number of nitrogens with two attached hydrogens (primary N) is 1. The quantitative estimate of drug-likeness (QED) is 0.849. The van der Waals surface area contributed by atoms with Crippen LogP contribution in [0, 0.1) is 5.92 Å². The Balaban J connectivity index is 2.22. The van der Waals surface area contributed by atoms with Crippen molar-refractivity contribution in [3.63, 3.8) is 0 Å². The van der Waals surface area contributed by atoms with Crippen LogP contribution in [0.1, 0.15) is 16.8 Å². The van der Waals surface area contributed by atoms with E-state index in [4.69, 9.17) is 22.4 Å². The van der Waals surface area contributed by atoms with Gasteiger partial charge in [-0.3, -0.25) is 0 Å². The number of rotatable bonds is 3. The molecule has 0 amide bonds. The van der Waals surface area contributed by atoms with Gasteiger partial charge in [0.1, 0.15) is 5.82 Å². The zero-order chi connectivity index (χ0) is 12.4. The van der Waals surface area contributed by atoms with Crippen molar-refractivity contribution in [3.8, 4) is 0 Å². The normalized spacial score (nSPS) is 19.6. The standard InChI is InChI=1S/C11H14ClN3O2/c12-9-5-14-10(3-8(9)11(16)17)15-2-1-7(4-13)6-15/h3,5,7H,1-2,4,6,13H2,(H,16,17). The second-order valence-electron chi connectivity index (χ2n) is 4.16. The Morgan fingerprint density at radius 1 is 1.71 bits per heavy atom. The number of nitrogens with zero attached hydrogens (tertiary/aromatic N) is 2. The third kappa shape index (κ3) is 2.50. The monoisotopic (exact) mass is 255 g/mol. The summed E-state index contributed by atoms with van der Waals surface area (Å²) in [6.07, 6.45) is 2.40. The summed E-state index contributed by atoms with van der Waals surface area (Å²) in [7, 11) is 0. The van der Waals surface area contributed by atoms with E-state index in [0.29, 0.717) is 18.3 Å². The summed E-state index contributed by atoms with van der Waals surface area (Å²) in [5, 5.41) is 9.14. The second kappa shape index (κ2) is 4.89. The molecule has 1 unspecified atom stereocenters. The first-order chi connectivity index (χ1) is 8.11. The van der Waals surface area contributed by atoms with Crippen LogP contribution in [0.25, 0.3) is 0 Å². The highest BCUT2D eigenvalue weighted by atomic mass is 35.5. The molecule has 1 saturated heterocycles. The number of anilines is 1. The summed E-state index contributed by atoms with van der Waals surface area (Å²) < 4.78 is 0. The highest BCUT2D eigenvalue weighted by molar-refractivity contribution is 6.33. The van der Waals surface area contributed by atoms with Gasteiger partial charge >= 0.3 is 5.97 Å². The second-order valence-corrected chi connectivity index (χ2v) is 4.57. The Bertz CT molecular complexity index is 439. The fourth-order valence-electron chi connectivity index (χ4n) is 2.00. The van der Waals surface area contributed by atoms with E-state index >= 15 is 0 Å². The molecule has 1 aromatic heterocycles. The molecule has 0 aromatic carbocycles. The van der Waals surface area contributed by atoms with Gasteiger partial charge in [-0.1, -0.05) is 11.6 Å². The van der Waals surface area contributed by atoms with Gasteiger partial charge in [0.15, 0.2) is 0 Å². The molecule has 1 aliphatic heterocycles. The van der Waals surface area contributed by atoms with E-state index in [9.17, 15) is 4.79 Å². The summed E-state index contributed by atoms with van der Waals surface area (Å²) in [5.74, 6) is 0.0803. The molecule has 0 saturated carbocycles. The van der Waals surface area contributed by atoms with Crippen LogP contribution in [0.15, 0.2) is 12.3 Å². The maximum atomic E-state index is 11.0. The van der Waals surface area contributed by atoms with Crippen LogP contribution in [0.4, 0.5) is 5.82 Å². The lowest BCUT2D eigenvalue weighted by Crippen LogP contribution is -2.23. The molecule has 2 heterocycles. The van der Waals surface area contributed by atoms with Crippen LogP contribution >= 0.6 is 11.6 Å². The minimum Gasteiger partial charge on any atom is -0.478 e. The maximum Gasteiger partial charge on any atom is 0.337 e. The topological polar surface area (TPSA) is 79.5 Å². The van der Waals surface area contributed by atoms with Crippen molar-refractivity contribution in [3.05, 3.63) is 22.8 Å². The molecule has 1 atom stereocenters. The number of carboxylic acids is 1. The van der Waals surface area contributed by atoms with Gasteiger partial charge in [0.25, 0.3) is 0 Å². The van der Waals surface area contributed by atoms with E-state index in [1.54, 1.807) is 0 Å². The molecule has 3 N–H and O–H groups in total. The van der Waals surface area contributed by atoms with E-state index in [0.717, 1.165) is 19.5 Å². The lowest BCUT2D eigenvalue weighted by Gasteiger charge is -2.17. The molecule has 92 valence electrons. The van der Waals surface area contributed by atoms with Crippen molar-refractivity contribution in [2.75, 3.05) is 24.5 Å². The van der Waals surface area contributed by atoms with Gasteiger partial charge in [-0.05, 0) is 24.9 Å². The molecule has 1 aliphatic rings. The third-order valence-electron chi connectivity index (χ3n) is 3.01. The van der Waals surface area contributed by atoms with E-state index in [-0.39, 0.29) is 10.6 Å². The first-order valence-corrected chi connectivity index (χ1v) is 5.83. The number of hydrogen-bond donors (Lipinski definition) is 2. The summed E-state index contributed by atoms with van der Waals surface area (Å²) in [6.45, 7) is 2.33. The molecular weight excluding hydrogens is 242 g/mol. The van der Waals surface area contributed by atoms with Crippen molar-refractivity contribution < 1.29 is 9.90 Å². The molecule has 2 rings (SSSR count). The number of carbonyl (C=O) groups is 1. The van der Waals surface area contributed by atoms with E-state index in [2.05, 4.69) is 4.98 Å². The molecule has 0 radical (unpaired) electrons. The first-order valence-electron chi connectivity index (χ1n) is 5.45. The lowest BCUT2D eigenvalue weighted by molar-refractivity contribution is 0.0697. The molecule has 5 nitrogen and oxygen atoms in total. The molecule has 1 aromatic rings. The predicted octanol–water partition coefficient (Wildman–Crippen LogP) is 1.22. The Morgan fingerprint density at radius 2 is 2.47 bits per heavy atom. The van der Waals surface area contributed by atoms with Crippen LogP contribution in [0.3, 0.4) is 0 Å². The summed E-state index contributed by atoms with van der Waals surface area (Å²) in [6, 6.07) is 1.52. The summed E-state index contributed by atoms with van der Waals surface area (Å²) in [4.78, 5) is 17.2.